The molecule has 1 N–H and O–H groups in total. The predicted octanol–water partition coefficient (Wildman–Crippen LogP) is 3.73. The number of fused-ring (bicyclic) bond motifs is 2. The van der Waals surface area contributed by atoms with Crippen molar-refractivity contribution in [2.45, 2.75) is 72.0 Å². The zero-order chi connectivity index (χ0) is 16.0. The molecule has 1 aliphatic heterocycles. The summed E-state index contributed by atoms with van der Waals surface area (Å²) in [5.74, 6) is 1.58. The van der Waals surface area contributed by atoms with Gasteiger partial charge in [-0.2, -0.15) is 0 Å². The largest absolute Gasteiger partial charge is 0.389 e. The minimum absolute atomic E-state index is 0. The summed E-state index contributed by atoms with van der Waals surface area (Å²) < 4.78 is 6.23. The molecular weight excluding hydrogens is 310 g/mol. The van der Waals surface area contributed by atoms with Gasteiger partial charge in [-0.05, 0) is 61.3 Å². The van der Waals surface area contributed by atoms with E-state index in [0.717, 1.165) is 31.5 Å². The molecule has 0 radical (unpaired) electrons. The summed E-state index contributed by atoms with van der Waals surface area (Å²) in [6.45, 7) is 13.1. The molecule has 0 aromatic heterocycles. The van der Waals surface area contributed by atoms with Crippen molar-refractivity contribution in [1.29, 1.82) is 0 Å². The van der Waals surface area contributed by atoms with Crippen LogP contribution in [0.25, 0.3) is 0 Å². The Bertz CT molecular complexity index is 403. The van der Waals surface area contributed by atoms with Crippen LogP contribution in [0.5, 0.6) is 0 Å². The van der Waals surface area contributed by atoms with E-state index >= 15 is 0 Å². The Morgan fingerprint density at radius 1 is 1.26 bits per heavy atom. The molecule has 5 unspecified atom stereocenters. The summed E-state index contributed by atoms with van der Waals surface area (Å²) in [5, 5.41) is 10.4. The van der Waals surface area contributed by atoms with E-state index < -0.39 is 0 Å². The number of hydrogen-bond acceptors (Lipinski definition) is 3. The van der Waals surface area contributed by atoms with Crippen LogP contribution in [0, 0.1) is 22.7 Å². The molecule has 2 bridgehead atoms. The van der Waals surface area contributed by atoms with Crippen molar-refractivity contribution in [1.82, 2.24) is 4.90 Å². The van der Waals surface area contributed by atoms with Crippen molar-refractivity contribution in [2.24, 2.45) is 22.7 Å². The van der Waals surface area contributed by atoms with Gasteiger partial charge in [0.2, 0.25) is 0 Å². The SMILES string of the molecule is CC1CCCN(CC(O)COC2CC3CCC2(C)C3(C)C)C1.Cl. The molecule has 23 heavy (non-hydrogen) atoms. The van der Waals surface area contributed by atoms with Gasteiger partial charge in [0.15, 0.2) is 0 Å². The monoisotopic (exact) mass is 345 g/mol. The van der Waals surface area contributed by atoms with Crippen LogP contribution < -0.4 is 0 Å². The molecule has 2 aliphatic carbocycles. The lowest BCUT2D eigenvalue weighted by molar-refractivity contribution is -0.0804. The number of nitrogens with zero attached hydrogens (tertiary/aromatic N) is 1. The zero-order valence-electron chi connectivity index (χ0n) is 15.4. The fourth-order valence-electron chi connectivity index (χ4n) is 5.41. The summed E-state index contributed by atoms with van der Waals surface area (Å²) in [5.41, 5.74) is 0.696. The molecule has 0 aromatic carbocycles. The van der Waals surface area contributed by atoms with Gasteiger partial charge >= 0.3 is 0 Å². The maximum atomic E-state index is 10.4. The molecule has 1 saturated heterocycles. The van der Waals surface area contributed by atoms with E-state index in [4.69, 9.17) is 4.74 Å². The zero-order valence-corrected chi connectivity index (χ0v) is 16.2. The van der Waals surface area contributed by atoms with Crippen LogP contribution in [-0.4, -0.2) is 48.5 Å². The van der Waals surface area contributed by atoms with Crippen molar-refractivity contribution < 1.29 is 9.84 Å². The van der Waals surface area contributed by atoms with Crippen LogP contribution in [0.3, 0.4) is 0 Å². The molecule has 0 amide bonds. The number of likely N-dealkylation sites (tertiary alicyclic amines) is 1. The van der Waals surface area contributed by atoms with Gasteiger partial charge in [0.25, 0.3) is 0 Å². The number of hydrogen-bond donors (Lipinski definition) is 1. The Kier molecular flexibility index (Phi) is 6.10. The molecule has 0 spiro atoms. The van der Waals surface area contributed by atoms with Crippen molar-refractivity contribution in [2.75, 3.05) is 26.2 Å². The summed E-state index contributed by atoms with van der Waals surface area (Å²) in [6.07, 6.45) is 6.45. The topological polar surface area (TPSA) is 32.7 Å². The second-order valence-corrected chi connectivity index (χ2v) is 9.09. The van der Waals surface area contributed by atoms with Crippen LogP contribution in [0.4, 0.5) is 0 Å². The number of aliphatic hydroxyl groups is 1. The van der Waals surface area contributed by atoms with Crippen molar-refractivity contribution >= 4 is 12.4 Å². The lowest BCUT2D eigenvalue weighted by atomic mass is 9.70. The molecular formula is C19H36ClNO2. The predicted molar refractivity (Wildman–Crippen MR) is 97.1 cm³/mol. The number of β-amino-alcohol motifs (C(OH)–C–C–N with tert-alkyl or cyclic N) is 1. The van der Waals surface area contributed by atoms with Crippen LogP contribution in [0.15, 0.2) is 0 Å². The molecule has 3 nitrogen and oxygen atoms in total. The Hall–Kier alpha value is 0.170. The first-order chi connectivity index (χ1) is 10.3. The van der Waals surface area contributed by atoms with Gasteiger partial charge in [-0.3, -0.25) is 0 Å². The van der Waals surface area contributed by atoms with Gasteiger partial charge < -0.3 is 14.7 Å². The van der Waals surface area contributed by atoms with E-state index in [1.165, 1.54) is 32.1 Å². The van der Waals surface area contributed by atoms with Gasteiger partial charge in [-0.15, -0.1) is 12.4 Å². The maximum absolute atomic E-state index is 10.4. The summed E-state index contributed by atoms with van der Waals surface area (Å²) in [6, 6.07) is 0. The van der Waals surface area contributed by atoms with Crippen molar-refractivity contribution in [3.05, 3.63) is 0 Å². The summed E-state index contributed by atoms with van der Waals surface area (Å²) >= 11 is 0. The highest BCUT2D eigenvalue weighted by atomic mass is 35.5. The van der Waals surface area contributed by atoms with Crippen molar-refractivity contribution in [3.8, 4) is 0 Å². The van der Waals surface area contributed by atoms with Gasteiger partial charge in [-0.1, -0.05) is 27.7 Å². The third-order valence-electron chi connectivity index (χ3n) is 7.41. The molecule has 0 aromatic rings. The molecule has 3 rings (SSSR count). The quantitative estimate of drug-likeness (QED) is 0.824. The molecule has 4 heteroatoms. The molecule has 5 atom stereocenters. The molecule has 3 fully saturated rings. The molecule has 2 saturated carbocycles. The fourth-order valence-corrected chi connectivity index (χ4v) is 5.41. The van der Waals surface area contributed by atoms with Gasteiger partial charge in [0.1, 0.15) is 0 Å². The molecule has 1 heterocycles. The van der Waals surface area contributed by atoms with Crippen LogP contribution in [0.1, 0.15) is 59.8 Å². The number of ether oxygens (including phenoxy) is 1. The Balaban J connectivity index is 0.00000192. The number of piperidine rings is 1. The Labute approximate surface area is 148 Å². The minimum Gasteiger partial charge on any atom is -0.389 e. The van der Waals surface area contributed by atoms with Crippen LogP contribution in [0.2, 0.25) is 0 Å². The smallest absolute Gasteiger partial charge is 0.0900 e. The first kappa shape index (κ1) is 19.5. The highest BCUT2D eigenvalue weighted by molar-refractivity contribution is 5.85. The summed E-state index contributed by atoms with van der Waals surface area (Å²) in [4.78, 5) is 2.41. The normalized spacial score (nSPS) is 40.8. The maximum Gasteiger partial charge on any atom is 0.0900 e. The number of aliphatic hydroxyl groups excluding tert-OH is 1. The first-order valence-electron chi connectivity index (χ1n) is 9.35. The van der Waals surface area contributed by atoms with Crippen LogP contribution >= 0.6 is 12.4 Å². The number of rotatable bonds is 5. The third kappa shape index (κ3) is 3.58. The number of halogens is 1. The van der Waals surface area contributed by atoms with E-state index in [0.29, 0.717) is 23.5 Å². The molecule has 3 aliphatic rings. The third-order valence-corrected chi connectivity index (χ3v) is 7.41. The van der Waals surface area contributed by atoms with E-state index in [-0.39, 0.29) is 18.5 Å². The van der Waals surface area contributed by atoms with Gasteiger partial charge in [-0.25, -0.2) is 0 Å². The van der Waals surface area contributed by atoms with Gasteiger partial charge in [0.05, 0.1) is 18.8 Å². The second-order valence-electron chi connectivity index (χ2n) is 9.09. The average molecular weight is 346 g/mol. The molecule has 136 valence electrons. The minimum atomic E-state index is -0.337. The van der Waals surface area contributed by atoms with Crippen LogP contribution in [-0.2, 0) is 4.74 Å². The van der Waals surface area contributed by atoms with E-state index in [2.05, 4.69) is 32.6 Å². The van der Waals surface area contributed by atoms with Gasteiger partial charge in [0, 0.05) is 13.1 Å². The second kappa shape index (κ2) is 7.19. The highest BCUT2D eigenvalue weighted by Gasteiger charge is 2.61. The Morgan fingerprint density at radius 2 is 2.00 bits per heavy atom. The Morgan fingerprint density at radius 3 is 2.57 bits per heavy atom. The van der Waals surface area contributed by atoms with E-state index in [1.807, 2.05) is 0 Å². The summed E-state index contributed by atoms with van der Waals surface area (Å²) in [7, 11) is 0. The van der Waals surface area contributed by atoms with Crippen molar-refractivity contribution in [3.63, 3.8) is 0 Å². The van der Waals surface area contributed by atoms with E-state index in [1.54, 1.807) is 0 Å². The average Bonchev–Trinajstić information content (AvgIpc) is 2.78. The highest BCUT2D eigenvalue weighted by Crippen LogP contribution is 2.66. The van der Waals surface area contributed by atoms with E-state index in [9.17, 15) is 5.11 Å². The lowest BCUT2D eigenvalue weighted by Gasteiger charge is -2.39. The standard InChI is InChI=1S/C19H35NO2.ClH/c1-14-6-5-9-20(11-14)12-16(21)13-22-17-10-15-7-8-19(17,4)18(15,2)3;/h14-17,21H,5-13H2,1-4H3;1H. The first-order valence-corrected chi connectivity index (χ1v) is 9.35. The lowest BCUT2D eigenvalue weighted by Crippen LogP contribution is -2.43. The fraction of sp³-hybridized carbons (Fsp3) is 1.00.